The minimum absolute atomic E-state index is 0.291. The van der Waals surface area contributed by atoms with E-state index >= 15 is 0 Å². The smallest absolute Gasteiger partial charge is 0.246 e. The first-order valence-corrected chi connectivity index (χ1v) is 7.27. The maximum Gasteiger partial charge on any atom is 0.246 e. The van der Waals surface area contributed by atoms with E-state index in [1.165, 1.54) is 4.31 Å². The molecule has 2 N–H and O–H groups in total. The molecule has 0 bridgehead atoms. The van der Waals surface area contributed by atoms with Gasteiger partial charge in [0.1, 0.15) is 4.90 Å². The third kappa shape index (κ3) is 2.41. The zero-order chi connectivity index (χ0) is 13.2. The fourth-order valence-electron chi connectivity index (χ4n) is 2.01. The van der Waals surface area contributed by atoms with Gasteiger partial charge in [0.05, 0.1) is 24.6 Å². The quantitative estimate of drug-likeness (QED) is 0.770. The Labute approximate surface area is 107 Å². The second kappa shape index (κ2) is 5.35. The summed E-state index contributed by atoms with van der Waals surface area (Å²) in [5.74, 6) is 0. The third-order valence-corrected chi connectivity index (χ3v) is 4.98. The van der Waals surface area contributed by atoms with Gasteiger partial charge in [-0.05, 0) is 14.0 Å². The number of morpholine rings is 1. The average molecular weight is 274 g/mol. The van der Waals surface area contributed by atoms with E-state index in [0.717, 1.165) is 0 Å². The molecule has 1 aromatic rings. The molecule has 0 saturated carbocycles. The van der Waals surface area contributed by atoms with Crippen LogP contribution in [0.2, 0.25) is 0 Å². The summed E-state index contributed by atoms with van der Waals surface area (Å²) < 4.78 is 31.7. The Morgan fingerprint density at radius 1 is 1.44 bits per heavy atom. The van der Waals surface area contributed by atoms with E-state index in [1.54, 1.807) is 14.0 Å². The Kier molecular flexibility index (Phi) is 4.00. The fraction of sp³-hybridized carbons (Fsp3) is 0.700. The lowest BCUT2D eigenvalue weighted by Crippen LogP contribution is -2.41. The molecule has 0 atom stereocenters. The number of aryl methyl sites for hydroxylation is 1. The molecule has 18 heavy (non-hydrogen) atoms. The van der Waals surface area contributed by atoms with Crippen molar-refractivity contribution in [2.24, 2.45) is 0 Å². The van der Waals surface area contributed by atoms with Crippen molar-refractivity contribution in [2.45, 2.75) is 18.4 Å². The zero-order valence-electron chi connectivity index (χ0n) is 10.6. The molecule has 1 aliphatic heterocycles. The van der Waals surface area contributed by atoms with Gasteiger partial charge < -0.3 is 10.1 Å². The molecule has 1 aromatic heterocycles. The summed E-state index contributed by atoms with van der Waals surface area (Å²) in [6.07, 6.45) is 0. The Morgan fingerprint density at radius 3 is 2.72 bits per heavy atom. The Balaban J connectivity index is 2.36. The van der Waals surface area contributed by atoms with E-state index in [0.29, 0.717) is 49.1 Å². The highest BCUT2D eigenvalue weighted by Crippen LogP contribution is 2.22. The number of hydrogen-bond donors (Lipinski definition) is 2. The number of nitrogens with zero attached hydrogens (tertiary/aromatic N) is 2. The van der Waals surface area contributed by atoms with E-state index in [2.05, 4.69) is 15.5 Å². The fourth-order valence-corrected chi connectivity index (χ4v) is 3.75. The Bertz CT molecular complexity index is 505. The van der Waals surface area contributed by atoms with Crippen LogP contribution in [0.3, 0.4) is 0 Å². The number of aromatic nitrogens is 2. The Morgan fingerprint density at radius 2 is 2.11 bits per heavy atom. The highest BCUT2D eigenvalue weighted by atomic mass is 32.2. The van der Waals surface area contributed by atoms with Crippen molar-refractivity contribution in [3.8, 4) is 0 Å². The number of aromatic amines is 1. The molecule has 1 aliphatic rings. The molecule has 1 fully saturated rings. The maximum atomic E-state index is 12.5. The molecule has 0 aliphatic carbocycles. The third-order valence-electron chi connectivity index (χ3n) is 2.87. The number of rotatable bonds is 4. The van der Waals surface area contributed by atoms with E-state index in [1.807, 2.05) is 0 Å². The second-order valence-electron chi connectivity index (χ2n) is 4.17. The van der Waals surface area contributed by atoms with Crippen LogP contribution in [0.25, 0.3) is 0 Å². The number of hydrogen-bond acceptors (Lipinski definition) is 5. The molecule has 2 heterocycles. The van der Waals surface area contributed by atoms with E-state index in [-0.39, 0.29) is 0 Å². The first kappa shape index (κ1) is 13.5. The minimum atomic E-state index is -3.48. The van der Waals surface area contributed by atoms with Gasteiger partial charge in [-0.15, -0.1) is 0 Å². The van der Waals surface area contributed by atoms with Crippen molar-refractivity contribution < 1.29 is 13.2 Å². The summed E-state index contributed by atoms with van der Waals surface area (Å²) in [4.78, 5) is 0.291. The van der Waals surface area contributed by atoms with E-state index in [9.17, 15) is 8.42 Å². The number of sulfonamides is 1. The van der Waals surface area contributed by atoms with Crippen LogP contribution < -0.4 is 5.32 Å². The van der Waals surface area contributed by atoms with Crippen LogP contribution in [0, 0.1) is 6.92 Å². The van der Waals surface area contributed by atoms with Crippen LogP contribution >= 0.6 is 0 Å². The molecule has 2 rings (SSSR count). The molecular formula is C10H18N4O3S. The standard InChI is InChI=1S/C10H18N4O3S/c1-8-10(9(7-11-2)13-12-8)18(15,16)14-3-5-17-6-4-14/h11H,3-7H2,1-2H3,(H,12,13). The Hall–Kier alpha value is -0.960. The average Bonchev–Trinajstić information content (AvgIpc) is 2.73. The predicted molar refractivity (Wildman–Crippen MR) is 65.7 cm³/mol. The van der Waals surface area contributed by atoms with Gasteiger partial charge in [0.2, 0.25) is 10.0 Å². The van der Waals surface area contributed by atoms with Crippen molar-refractivity contribution >= 4 is 10.0 Å². The predicted octanol–water partition coefficient (Wildman–Crippen LogP) is -0.542. The van der Waals surface area contributed by atoms with Gasteiger partial charge in [0.25, 0.3) is 0 Å². The topological polar surface area (TPSA) is 87.3 Å². The monoisotopic (exact) mass is 274 g/mol. The van der Waals surface area contributed by atoms with Crippen LogP contribution in [0.4, 0.5) is 0 Å². The molecule has 0 unspecified atom stereocenters. The van der Waals surface area contributed by atoms with Crippen molar-refractivity contribution in [1.29, 1.82) is 0 Å². The second-order valence-corrected chi connectivity index (χ2v) is 6.05. The van der Waals surface area contributed by atoms with Crippen LogP contribution in [-0.2, 0) is 21.3 Å². The summed E-state index contributed by atoms with van der Waals surface area (Å²) >= 11 is 0. The molecule has 0 spiro atoms. The summed E-state index contributed by atoms with van der Waals surface area (Å²) in [5, 5.41) is 9.70. The number of ether oxygens (including phenoxy) is 1. The van der Waals surface area contributed by atoms with E-state index < -0.39 is 10.0 Å². The minimum Gasteiger partial charge on any atom is -0.379 e. The molecule has 1 saturated heterocycles. The molecule has 8 heteroatoms. The molecule has 0 aromatic carbocycles. The van der Waals surface area contributed by atoms with Gasteiger partial charge in [-0.25, -0.2) is 8.42 Å². The molecular weight excluding hydrogens is 256 g/mol. The lowest BCUT2D eigenvalue weighted by atomic mass is 10.4. The maximum absolute atomic E-state index is 12.5. The van der Waals surface area contributed by atoms with Gasteiger partial charge in [0.15, 0.2) is 0 Å². The molecule has 0 radical (unpaired) electrons. The highest BCUT2D eigenvalue weighted by molar-refractivity contribution is 7.89. The van der Waals surface area contributed by atoms with Gasteiger partial charge in [-0.3, -0.25) is 5.10 Å². The normalized spacial score (nSPS) is 18.1. The van der Waals surface area contributed by atoms with Crippen molar-refractivity contribution in [2.75, 3.05) is 33.4 Å². The highest BCUT2D eigenvalue weighted by Gasteiger charge is 2.31. The van der Waals surface area contributed by atoms with E-state index in [4.69, 9.17) is 4.74 Å². The van der Waals surface area contributed by atoms with Crippen molar-refractivity contribution in [3.05, 3.63) is 11.4 Å². The van der Waals surface area contributed by atoms with Crippen LogP contribution in [0.15, 0.2) is 4.90 Å². The summed E-state index contributed by atoms with van der Waals surface area (Å²) in [6, 6.07) is 0. The van der Waals surface area contributed by atoms with Crippen molar-refractivity contribution in [3.63, 3.8) is 0 Å². The van der Waals surface area contributed by atoms with Gasteiger partial charge >= 0.3 is 0 Å². The molecule has 0 amide bonds. The summed E-state index contributed by atoms with van der Waals surface area (Å²) in [7, 11) is -1.72. The summed E-state index contributed by atoms with van der Waals surface area (Å²) in [6.45, 7) is 3.82. The lowest BCUT2D eigenvalue weighted by molar-refractivity contribution is 0.0730. The van der Waals surface area contributed by atoms with Crippen molar-refractivity contribution in [1.82, 2.24) is 19.8 Å². The first-order valence-electron chi connectivity index (χ1n) is 5.83. The largest absolute Gasteiger partial charge is 0.379 e. The molecule has 102 valence electrons. The lowest BCUT2D eigenvalue weighted by Gasteiger charge is -2.26. The van der Waals surface area contributed by atoms with Crippen LogP contribution in [0.1, 0.15) is 11.4 Å². The SMILES string of the molecule is CNCc1n[nH]c(C)c1S(=O)(=O)N1CCOCC1. The number of H-pyrrole nitrogens is 1. The first-order chi connectivity index (χ1) is 8.57. The zero-order valence-corrected chi connectivity index (χ0v) is 11.4. The summed E-state index contributed by atoms with van der Waals surface area (Å²) in [5.41, 5.74) is 1.10. The van der Waals surface area contributed by atoms with Gasteiger partial charge in [-0.1, -0.05) is 0 Å². The number of nitrogens with one attached hydrogen (secondary N) is 2. The molecule has 7 nitrogen and oxygen atoms in total. The van der Waals surface area contributed by atoms with Crippen LogP contribution in [0.5, 0.6) is 0 Å². The van der Waals surface area contributed by atoms with Crippen LogP contribution in [-0.4, -0.2) is 56.3 Å². The van der Waals surface area contributed by atoms with Gasteiger partial charge in [0, 0.05) is 19.6 Å². The van der Waals surface area contributed by atoms with Gasteiger partial charge in [-0.2, -0.15) is 9.40 Å².